The van der Waals surface area contributed by atoms with Gasteiger partial charge in [-0.05, 0) is 32.0 Å². The van der Waals surface area contributed by atoms with Gasteiger partial charge in [0.15, 0.2) is 0 Å². The Bertz CT molecular complexity index is 713. The number of urea groups is 1. The molecule has 8 nitrogen and oxygen atoms in total. The standard InChI is InChI=1S/C17H20N2O6/c1-4-24-16(21)14-10(2)18-17(22)19-13(14)9-25-15(20)11-6-5-7-12(8-11)23-3/h5-8,10H,4,9H2,1-3H3,(H2,18,19,22)/t10-/m1/s1. The lowest BCUT2D eigenvalue weighted by Crippen LogP contribution is -2.50. The fourth-order valence-corrected chi connectivity index (χ4v) is 2.36. The number of esters is 2. The molecule has 0 saturated heterocycles. The number of carbonyl (C=O) groups excluding carboxylic acids is 3. The highest BCUT2D eigenvalue weighted by molar-refractivity contribution is 5.95. The molecule has 0 unspecified atom stereocenters. The van der Waals surface area contributed by atoms with Crippen LogP contribution in [0.15, 0.2) is 35.5 Å². The Morgan fingerprint density at radius 3 is 2.64 bits per heavy atom. The molecule has 2 rings (SSSR count). The van der Waals surface area contributed by atoms with E-state index in [1.807, 2.05) is 0 Å². The highest BCUT2D eigenvalue weighted by Crippen LogP contribution is 2.17. The molecule has 134 valence electrons. The van der Waals surface area contributed by atoms with E-state index in [4.69, 9.17) is 14.2 Å². The van der Waals surface area contributed by atoms with Gasteiger partial charge in [-0.25, -0.2) is 14.4 Å². The number of amides is 2. The first-order valence-electron chi connectivity index (χ1n) is 7.75. The minimum Gasteiger partial charge on any atom is -0.497 e. The molecule has 2 amide bonds. The highest BCUT2D eigenvalue weighted by Gasteiger charge is 2.30. The van der Waals surface area contributed by atoms with E-state index in [2.05, 4.69) is 10.6 Å². The number of ether oxygens (including phenoxy) is 3. The molecule has 1 heterocycles. The second-order valence-electron chi connectivity index (χ2n) is 5.24. The first-order valence-corrected chi connectivity index (χ1v) is 7.75. The van der Waals surface area contributed by atoms with Crippen molar-refractivity contribution < 1.29 is 28.6 Å². The van der Waals surface area contributed by atoms with Crippen molar-refractivity contribution in [2.45, 2.75) is 19.9 Å². The van der Waals surface area contributed by atoms with Gasteiger partial charge in [0.05, 0.1) is 36.6 Å². The van der Waals surface area contributed by atoms with Gasteiger partial charge in [0.25, 0.3) is 0 Å². The Kier molecular flexibility index (Phi) is 5.99. The predicted octanol–water partition coefficient (Wildman–Crippen LogP) is 1.37. The van der Waals surface area contributed by atoms with Crippen LogP contribution in [0, 0.1) is 0 Å². The lowest BCUT2D eigenvalue weighted by molar-refractivity contribution is -0.139. The molecule has 25 heavy (non-hydrogen) atoms. The Morgan fingerprint density at radius 1 is 1.20 bits per heavy atom. The topological polar surface area (TPSA) is 103 Å². The average molecular weight is 348 g/mol. The SMILES string of the molecule is CCOC(=O)C1=C(COC(=O)c2cccc(OC)c2)NC(=O)N[C@@H]1C. The molecule has 0 spiro atoms. The first kappa shape index (κ1) is 18.3. The number of nitrogens with one attached hydrogen (secondary N) is 2. The van der Waals surface area contributed by atoms with Gasteiger partial charge in [0, 0.05) is 0 Å². The fraction of sp³-hybridized carbons (Fsp3) is 0.353. The number of hydrogen-bond acceptors (Lipinski definition) is 6. The quantitative estimate of drug-likeness (QED) is 0.753. The van der Waals surface area contributed by atoms with Crippen molar-refractivity contribution in [2.75, 3.05) is 20.3 Å². The first-order chi connectivity index (χ1) is 12.0. The minimum atomic E-state index is -0.602. The number of methoxy groups -OCH3 is 1. The van der Waals surface area contributed by atoms with Crippen molar-refractivity contribution in [2.24, 2.45) is 0 Å². The molecular formula is C17H20N2O6. The Balaban J connectivity index is 2.16. The zero-order valence-electron chi connectivity index (χ0n) is 14.3. The molecule has 0 radical (unpaired) electrons. The normalized spacial score (nSPS) is 16.6. The van der Waals surface area contributed by atoms with Gasteiger partial charge < -0.3 is 24.8 Å². The molecule has 0 saturated carbocycles. The summed E-state index contributed by atoms with van der Waals surface area (Å²) in [6.45, 7) is 3.26. The van der Waals surface area contributed by atoms with Crippen LogP contribution >= 0.6 is 0 Å². The van der Waals surface area contributed by atoms with Crippen molar-refractivity contribution in [3.8, 4) is 5.75 Å². The van der Waals surface area contributed by atoms with Gasteiger partial charge in [0.2, 0.25) is 0 Å². The summed E-state index contributed by atoms with van der Waals surface area (Å²) in [5, 5.41) is 5.06. The summed E-state index contributed by atoms with van der Waals surface area (Å²) in [6, 6.07) is 5.44. The zero-order valence-corrected chi connectivity index (χ0v) is 14.3. The van der Waals surface area contributed by atoms with E-state index in [-0.39, 0.29) is 24.5 Å². The molecule has 1 aliphatic heterocycles. The van der Waals surface area contributed by atoms with Crippen LogP contribution in [-0.2, 0) is 14.3 Å². The maximum atomic E-state index is 12.2. The minimum absolute atomic E-state index is 0.194. The van der Waals surface area contributed by atoms with Crippen LogP contribution in [0.25, 0.3) is 0 Å². The number of carbonyl (C=O) groups is 3. The van der Waals surface area contributed by atoms with E-state index in [9.17, 15) is 14.4 Å². The number of benzene rings is 1. The van der Waals surface area contributed by atoms with Gasteiger partial charge >= 0.3 is 18.0 Å². The van der Waals surface area contributed by atoms with E-state index in [0.29, 0.717) is 11.3 Å². The van der Waals surface area contributed by atoms with Crippen molar-refractivity contribution in [1.82, 2.24) is 10.6 Å². The van der Waals surface area contributed by atoms with Crippen LogP contribution in [0.5, 0.6) is 5.75 Å². The Labute approximate surface area is 145 Å². The zero-order chi connectivity index (χ0) is 18.4. The molecule has 0 aromatic heterocycles. The van der Waals surface area contributed by atoms with E-state index in [0.717, 1.165) is 0 Å². The summed E-state index contributed by atoms with van der Waals surface area (Å²) in [5.74, 6) is -0.658. The third-order valence-electron chi connectivity index (χ3n) is 3.52. The smallest absolute Gasteiger partial charge is 0.338 e. The molecule has 1 aliphatic rings. The summed E-state index contributed by atoms with van der Waals surface area (Å²) < 4.78 is 15.3. The molecule has 8 heteroatoms. The van der Waals surface area contributed by atoms with E-state index >= 15 is 0 Å². The lowest BCUT2D eigenvalue weighted by Gasteiger charge is -2.26. The van der Waals surface area contributed by atoms with Gasteiger partial charge in [-0.3, -0.25) is 0 Å². The molecule has 1 aromatic rings. The van der Waals surface area contributed by atoms with Crippen molar-refractivity contribution in [3.05, 3.63) is 41.1 Å². The summed E-state index contributed by atoms with van der Waals surface area (Å²) in [4.78, 5) is 35.9. The summed E-state index contributed by atoms with van der Waals surface area (Å²) in [5.41, 5.74) is 0.719. The molecule has 0 aliphatic carbocycles. The maximum absolute atomic E-state index is 12.2. The molecule has 1 aromatic carbocycles. The predicted molar refractivity (Wildman–Crippen MR) is 88.1 cm³/mol. The van der Waals surface area contributed by atoms with Gasteiger partial charge in [-0.1, -0.05) is 6.07 Å². The van der Waals surface area contributed by atoms with Crippen LogP contribution < -0.4 is 15.4 Å². The largest absolute Gasteiger partial charge is 0.497 e. The number of rotatable bonds is 6. The third kappa shape index (κ3) is 4.50. The summed E-state index contributed by atoms with van der Waals surface area (Å²) in [7, 11) is 1.49. The molecule has 0 bridgehead atoms. The van der Waals surface area contributed by atoms with Crippen LogP contribution in [0.3, 0.4) is 0 Å². The molecule has 2 N–H and O–H groups in total. The maximum Gasteiger partial charge on any atom is 0.338 e. The van der Waals surface area contributed by atoms with Crippen LogP contribution in [0.4, 0.5) is 4.79 Å². The van der Waals surface area contributed by atoms with E-state index in [1.54, 1.807) is 32.0 Å². The number of hydrogen-bond donors (Lipinski definition) is 2. The monoisotopic (exact) mass is 348 g/mol. The lowest BCUT2D eigenvalue weighted by atomic mass is 10.0. The summed E-state index contributed by atoms with van der Waals surface area (Å²) in [6.07, 6.45) is 0. The van der Waals surface area contributed by atoms with Crippen molar-refractivity contribution in [3.63, 3.8) is 0 Å². The second kappa shape index (κ2) is 8.18. The van der Waals surface area contributed by atoms with Gasteiger partial charge in [0.1, 0.15) is 12.4 Å². The Hall–Kier alpha value is -3.03. The van der Waals surface area contributed by atoms with Gasteiger partial charge in [-0.2, -0.15) is 0 Å². The van der Waals surface area contributed by atoms with Gasteiger partial charge in [-0.15, -0.1) is 0 Å². The molecular weight excluding hydrogens is 328 g/mol. The fourth-order valence-electron chi connectivity index (χ4n) is 2.36. The van der Waals surface area contributed by atoms with E-state index < -0.39 is 24.0 Å². The molecule has 0 fully saturated rings. The van der Waals surface area contributed by atoms with Crippen molar-refractivity contribution >= 4 is 18.0 Å². The highest BCUT2D eigenvalue weighted by atomic mass is 16.5. The average Bonchev–Trinajstić information content (AvgIpc) is 2.59. The molecule has 1 atom stereocenters. The van der Waals surface area contributed by atoms with Crippen molar-refractivity contribution in [1.29, 1.82) is 0 Å². The second-order valence-corrected chi connectivity index (χ2v) is 5.24. The van der Waals surface area contributed by atoms with E-state index in [1.165, 1.54) is 13.2 Å². The summed E-state index contributed by atoms with van der Waals surface area (Å²) >= 11 is 0. The van der Waals surface area contributed by atoms with Crippen LogP contribution in [0.1, 0.15) is 24.2 Å². The third-order valence-corrected chi connectivity index (χ3v) is 3.52. The Morgan fingerprint density at radius 2 is 1.96 bits per heavy atom. The van der Waals surface area contributed by atoms with Crippen LogP contribution in [-0.4, -0.2) is 44.3 Å². The van der Waals surface area contributed by atoms with Crippen LogP contribution in [0.2, 0.25) is 0 Å².